The molecule has 0 spiro atoms. The maximum Gasteiger partial charge on any atom is 0.407 e. The van der Waals surface area contributed by atoms with E-state index in [1.54, 1.807) is 6.07 Å². The van der Waals surface area contributed by atoms with Gasteiger partial charge in [0.15, 0.2) is 0 Å². The Hall–Kier alpha value is -0.930. The average Bonchev–Trinajstić information content (AvgIpc) is 2.33. The lowest BCUT2D eigenvalue weighted by atomic mass is 9.89. The molecule has 1 aromatic carbocycles. The third-order valence-corrected chi connectivity index (χ3v) is 4.02. The molecule has 0 unspecified atom stereocenters. The van der Waals surface area contributed by atoms with Gasteiger partial charge in [0.1, 0.15) is 0 Å². The van der Waals surface area contributed by atoms with Gasteiger partial charge in [-0.15, -0.1) is 0 Å². The smallest absolute Gasteiger partial charge is 0.407 e. The zero-order chi connectivity index (χ0) is 12.4. The highest BCUT2D eigenvalue weighted by Crippen LogP contribution is 2.36. The number of likely N-dealkylation sites (tertiary alicyclic amines) is 1. The van der Waals surface area contributed by atoms with Crippen LogP contribution >= 0.6 is 23.2 Å². The second kappa shape index (κ2) is 5.15. The van der Waals surface area contributed by atoms with E-state index in [0.717, 1.165) is 18.4 Å². The largest absolute Gasteiger partial charge is 0.465 e. The van der Waals surface area contributed by atoms with Crippen molar-refractivity contribution in [3.63, 3.8) is 0 Å². The van der Waals surface area contributed by atoms with Crippen molar-refractivity contribution in [3.05, 3.63) is 33.8 Å². The molecule has 0 radical (unpaired) electrons. The predicted molar refractivity (Wildman–Crippen MR) is 68.0 cm³/mol. The summed E-state index contributed by atoms with van der Waals surface area (Å²) in [7, 11) is 0. The van der Waals surface area contributed by atoms with Crippen LogP contribution in [0.4, 0.5) is 4.79 Å². The van der Waals surface area contributed by atoms with Gasteiger partial charge in [-0.05, 0) is 30.4 Å². The topological polar surface area (TPSA) is 40.5 Å². The molecule has 1 aliphatic rings. The Kier molecular flexibility index (Phi) is 3.79. The molecular weight excluding hydrogens is 261 g/mol. The molecule has 0 aliphatic carbocycles. The first-order chi connectivity index (χ1) is 8.09. The first-order valence-electron chi connectivity index (χ1n) is 5.51. The van der Waals surface area contributed by atoms with Crippen LogP contribution in [-0.2, 0) is 0 Å². The van der Waals surface area contributed by atoms with Gasteiger partial charge in [0.05, 0.1) is 10.0 Å². The number of nitrogens with zero attached hydrogens (tertiary/aromatic N) is 1. The van der Waals surface area contributed by atoms with Crippen molar-refractivity contribution in [2.75, 3.05) is 13.1 Å². The van der Waals surface area contributed by atoms with Gasteiger partial charge >= 0.3 is 6.09 Å². The molecule has 1 saturated heterocycles. The summed E-state index contributed by atoms with van der Waals surface area (Å²) in [4.78, 5) is 12.2. The van der Waals surface area contributed by atoms with Crippen LogP contribution in [0.1, 0.15) is 24.3 Å². The van der Waals surface area contributed by atoms with E-state index in [4.69, 9.17) is 28.3 Å². The summed E-state index contributed by atoms with van der Waals surface area (Å²) in [6.07, 6.45) is 0.749. The summed E-state index contributed by atoms with van der Waals surface area (Å²) >= 11 is 12.1. The average molecular weight is 274 g/mol. The van der Waals surface area contributed by atoms with Crippen LogP contribution in [0.15, 0.2) is 18.2 Å². The molecule has 17 heavy (non-hydrogen) atoms. The van der Waals surface area contributed by atoms with Crippen LogP contribution in [0.3, 0.4) is 0 Å². The highest BCUT2D eigenvalue weighted by atomic mass is 35.5. The van der Waals surface area contributed by atoms with Gasteiger partial charge in [-0.1, -0.05) is 35.3 Å². The van der Waals surface area contributed by atoms with Gasteiger partial charge in [-0.25, -0.2) is 4.79 Å². The predicted octanol–water partition coefficient (Wildman–Crippen LogP) is 3.85. The number of halogens is 2. The number of benzene rings is 1. The molecule has 0 saturated carbocycles. The van der Waals surface area contributed by atoms with Crippen LogP contribution in [0.25, 0.3) is 0 Å². The highest BCUT2D eigenvalue weighted by Gasteiger charge is 2.25. The Morgan fingerprint density at radius 2 is 1.94 bits per heavy atom. The zero-order valence-electron chi connectivity index (χ0n) is 9.20. The summed E-state index contributed by atoms with van der Waals surface area (Å²) in [6.45, 7) is 1.12. The van der Waals surface area contributed by atoms with Crippen LogP contribution in [0, 0.1) is 0 Å². The van der Waals surface area contributed by atoms with E-state index in [1.165, 1.54) is 4.90 Å². The maximum atomic E-state index is 10.8. The van der Waals surface area contributed by atoms with Gasteiger partial charge in [0.2, 0.25) is 0 Å². The number of hydrogen-bond acceptors (Lipinski definition) is 1. The molecule has 0 atom stereocenters. The Morgan fingerprint density at radius 3 is 2.53 bits per heavy atom. The van der Waals surface area contributed by atoms with E-state index in [1.807, 2.05) is 12.1 Å². The Morgan fingerprint density at radius 1 is 1.29 bits per heavy atom. The summed E-state index contributed by atoms with van der Waals surface area (Å²) in [5.74, 6) is 0.303. The Balaban J connectivity index is 2.10. The Bertz CT molecular complexity index is 429. The highest BCUT2D eigenvalue weighted by molar-refractivity contribution is 6.42. The molecule has 2 rings (SSSR count). The van der Waals surface area contributed by atoms with Crippen LogP contribution in [0.2, 0.25) is 10.0 Å². The normalized spacial score (nSPS) is 17.2. The maximum absolute atomic E-state index is 10.8. The molecule has 3 nitrogen and oxygen atoms in total. The lowest BCUT2D eigenvalue weighted by Gasteiger charge is -2.30. The van der Waals surface area contributed by atoms with Crippen LogP contribution in [-0.4, -0.2) is 29.2 Å². The lowest BCUT2D eigenvalue weighted by Crippen LogP contribution is -2.36. The molecular formula is C12H13Cl2NO2. The van der Waals surface area contributed by atoms with E-state index in [9.17, 15) is 4.79 Å². The van der Waals surface area contributed by atoms with E-state index in [2.05, 4.69) is 0 Å². The van der Waals surface area contributed by atoms with Gasteiger partial charge in [-0.3, -0.25) is 0 Å². The van der Waals surface area contributed by atoms with Gasteiger partial charge < -0.3 is 10.0 Å². The van der Waals surface area contributed by atoms with Crippen molar-refractivity contribution in [2.24, 2.45) is 0 Å². The molecule has 1 N–H and O–H groups in total. The van der Waals surface area contributed by atoms with Gasteiger partial charge in [0.25, 0.3) is 0 Å². The lowest BCUT2D eigenvalue weighted by molar-refractivity contribution is 0.132. The molecule has 5 heteroatoms. The van der Waals surface area contributed by atoms with Crippen molar-refractivity contribution in [2.45, 2.75) is 18.8 Å². The van der Waals surface area contributed by atoms with Crippen LogP contribution < -0.4 is 0 Å². The standard InChI is InChI=1S/C12H13Cl2NO2/c13-10-3-1-2-9(11(10)14)8-4-6-15(7-5-8)12(16)17/h1-3,8H,4-7H2,(H,16,17). The first kappa shape index (κ1) is 12.5. The summed E-state index contributed by atoms with van der Waals surface area (Å²) < 4.78 is 0. The van der Waals surface area contributed by atoms with E-state index in [0.29, 0.717) is 29.1 Å². The quantitative estimate of drug-likeness (QED) is 0.844. The number of carboxylic acid groups (broad SMARTS) is 1. The second-order valence-electron chi connectivity index (χ2n) is 4.19. The molecule has 1 aromatic rings. The van der Waals surface area contributed by atoms with Crippen molar-refractivity contribution in [3.8, 4) is 0 Å². The molecule has 0 bridgehead atoms. The minimum absolute atomic E-state index is 0.303. The summed E-state index contributed by atoms with van der Waals surface area (Å²) in [5, 5.41) is 10.0. The van der Waals surface area contributed by atoms with Crippen molar-refractivity contribution in [1.29, 1.82) is 0 Å². The Labute approximate surface area is 110 Å². The summed E-state index contributed by atoms with van der Waals surface area (Å²) in [5.41, 5.74) is 1.03. The zero-order valence-corrected chi connectivity index (χ0v) is 10.7. The molecule has 1 aliphatic heterocycles. The molecule has 1 amide bonds. The molecule has 1 heterocycles. The third-order valence-electron chi connectivity index (χ3n) is 3.19. The number of hydrogen-bond donors (Lipinski definition) is 1. The minimum atomic E-state index is -0.847. The number of piperidine rings is 1. The van der Waals surface area contributed by atoms with Crippen molar-refractivity contribution >= 4 is 29.3 Å². The fourth-order valence-corrected chi connectivity index (χ4v) is 2.68. The first-order valence-corrected chi connectivity index (χ1v) is 6.27. The monoisotopic (exact) mass is 273 g/mol. The third kappa shape index (κ3) is 2.67. The van der Waals surface area contributed by atoms with Crippen molar-refractivity contribution in [1.82, 2.24) is 4.90 Å². The van der Waals surface area contributed by atoms with E-state index >= 15 is 0 Å². The summed E-state index contributed by atoms with van der Waals surface area (Å²) in [6, 6.07) is 5.61. The second-order valence-corrected chi connectivity index (χ2v) is 4.97. The number of amides is 1. The number of rotatable bonds is 1. The van der Waals surface area contributed by atoms with Gasteiger partial charge in [-0.2, -0.15) is 0 Å². The molecule has 1 fully saturated rings. The molecule has 92 valence electrons. The number of carbonyl (C=O) groups is 1. The SMILES string of the molecule is O=C(O)N1CCC(c2cccc(Cl)c2Cl)CC1. The molecule has 0 aromatic heterocycles. The van der Waals surface area contributed by atoms with Crippen LogP contribution in [0.5, 0.6) is 0 Å². The fraction of sp³-hybridized carbons (Fsp3) is 0.417. The van der Waals surface area contributed by atoms with Gasteiger partial charge in [0, 0.05) is 13.1 Å². The van der Waals surface area contributed by atoms with E-state index < -0.39 is 6.09 Å². The van der Waals surface area contributed by atoms with E-state index in [-0.39, 0.29) is 0 Å². The minimum Gasteiger partial charge on any atom is -0.465 e. The van der Waals surface area contributed by atoms with Crippen molar-refractivity contribution < 1.29 is 9.90 Å². The fourth-order valence-electron chi connectivity index (χ4n) is 2.22.